The van der Waals surface area contributed by atoms with Crippen LogP contribution in [0.3, 0.4) is 0 Å². The predicted molar refractivity (Wildman–Crippen MR) is 72.0 cm³/mol. The van der Waals surface area contributed by atoms with Gasteiger partial charge in [0.1, 0.15) is 5.75 Å². The zero-order chi connectivity index (χ0) is 13.5. The summed E-state index contributed by atoms with van der Waals surface area (Å²) in [6.07, 6.45) is 2.18. The number of benzene rings is 1. The van der Waals surface area contributed by atoms with Crippen LogP contribution in [0.5, 0.6) is 5.75 Å². The first-order valence-electron chi connectivity index (χ1n) is 6.88. The summed E-state index contributed by atoms with van der Waals surface area (Å²) >= 11 is 0. The molecule has 1 heterocycles. The van der Waals surface area contributed by atoms with Crippen molar-refractivity contribution in [2.24, 2.45) is 5.41 Å². The smallest absolute Gasteiger partial charge is 0.119 e. The first-order chi connectivity index (χ1) is 9.12. The van der Waals surface area contributed by atoms with E-state index in [1.165, 1.54) is 5.56 Å². The van der Waals surface area contributed by atoms with E-state index in [0.717, 1.165) is 18.6 Å². The number of rotatable bonds is 4. The summed E-state index contributed by atoms with van der Waals surface area (Å²) in [5, 5.41) is 9.46. The molecule has 1 saturated heterocycles. The Labute approximate surface area is 114 Å². The minimum absolute atomic E-state index is 0.0852. The van der Waals surface area contributed by atoms with Crippen molar-refractivity contribution in [2.75, 3.05) is 13.2 Å². The lowest BCUT2D eigenvalue weighted by Crippen LogP contribution is -2.53. The molecule has 1 aliphatic heterocycles. The zero-order valence-electron chi connectivity index (χ0n) is 11.5. The number of ether oxygens (including phenoxy) is 2. The van der Waals surface area contributed by atoms with E-state index in [4.69, 9.17) is 9.47 Å². The van der Waals surface area contributed by atoms with E-state index in [1.807, 2.05) is 26.0 Å². The van der Waals surface area contributed by atoms with Crippen molar-refractivity contribution in [3.63, 3.8) is 0 Å². The Kier molecular flexibility index (Phi) is 2.79. The Morgan fingerprint density at radius 3 is 2.21 bits per heavy atom. The summed E-state index contributed by atoms with van der Waals surface area (Å²) < 4.78 is 11.1. The lowest BCUT2D eigenvalue weighted by Gasteiger charge is -2.45. The molecule has 0 radical (unpaired) electrons. The molecule has 1 aromatic rings. The molecule has 0 N–H and O–H groups in total. The quantitative estimate of drug-likeness (QED) is 0.832. The molecule has 1 aliphatic carbocycles. The fraction of sp³-hybridized carbons (Fsp3) is 0.562. The van der Waals surface area contributed by atoms with Gasteiger partial charge in [0.25, 0.3) is 0 Å². The molecule has 0 bridgehead atoms. The first kappa shape index (κ1) is 12.5. The zero-order valence-corrected chi connectivity index (χ0v) is 11.5. The second-order valence-electron chi connectivity index (χ2n) is 5.96. The Balaban J connectivity index is 1.87. The summed E-state index contributed by atoms with van der Waals surface area (Å²) in [5.74, 6) is 0.885. The van der Waals surface area contributed by atoms with Gasteiger partial charge in [-0.2, -0.15) is 5.26 Å². The molecule has 2 fully saturated rings. The van der Waals surface area contributed by atoms with Gasteiger partial charge in [-0.05, 0) is 44.4 Å². The van der Waals surface area contributed by atoms with Crippen LogP contribution in [-0.2, 0) is 10.2 Å². The van der Waals surface area contributed by atoms with Crippen LogP contribution in [0.4, 0.5) is 0 Å². The van der Waals surface area contributed by atoms with Crippen molar-refractivity contribution in [2.45, 2.75) is 38.2 Å². The molecule has 2 aliphatic rings. The van der Waals surface area contributed by atoms with Crippen LogP contribution in [0.2, 0.25) is 0 Å². The molecular weight excluding hydrogens is 238 g/mol. The lowest BCUT2D eigenvalue weighted by molar-refractivity contribution is -0.0867. The Morgan fingerprint density at radius 1 is 1.21 bits per heavy atom. The van der Waals surface area contributed by atoms with Gasteiger partial charge in [0.15, 0.2) is 0 Å². The summed E-state index contributed by atoms with van der Waals surface area (Å²) in [7, 11) is 0. The topological polar surface area (TPSA) is 42.2 Å². The molecule has 100 valence electrons. The minimum Gasteiger partial charge on any atom is -0.491 e. The highest BCUT2D eigenvalue weighted by atomic mass is 16.5. The van der Waals surface area contributed by atoms with Crippen molar-refractivity contribution in [3.05, 3.63) is 29.8 Å². The fourth-order valence-corrected chi connectivity index (χ4v) is 2.97. The minimum atomic E-state index is -0.189. The third kappa shape index (κ3) is 1.82. The van der Waals surface area contributed by atoms with Gasteiger partial charge in [0, 0.05) is 0 Å². The fourth-order valence-electron chi connectivity index (χ4n) is 2.97. The molecule has 0 amide bonds. The summed E-state index contributed by atoms with van der Waals surface area (Å²) in [6.45, 7) is 5.38. The van der Waals surface area contributed by atoms with Gasteiger partial charge in [-0.25, -0.2) is 0 Å². The third-order valence-corrected chi connectivity index (χ3v) is 4.36. The van der Waals surface area contributed by atoms with Gasteiger partial charge < -0.3 is 9.47 Å². The molecule has 19 heavy (non-hydrogen) atoms. The second-order valence-corrected chi connectivity index (χ2v) is 5.96. The predicted octanol–water partition coefficient (Wildman–Crippen LogP) is 3.05. The van der Waals surface area contributed by atoms with Crippen LogP contribution in [0.15, 0.2) is 24.3 Å². The number of hydrogen-bond donors (Lipinski definition) is 0. The molecule has 0 aromatic heterocycles. The number of nitriles is 1. The standard InChI is InChI=1S/C16H19NO2/c1-12(2)19-14-5-3-13(4-6-14)16(10-18-11-16)15(9-17)7-8-15/h3-6,12H,7-8,10-11H2,1-2H3. The van der Waals surface area contributed by atoms with Gasteiger partial charge >= 0.3 is 0 Å². The van der Waals surface area contributed by atoms with Crippen LogP contribution >= 0.6 is 0 Å². The van der Waals surface area contributed by atoms with Crippen molar-refractivity contribution in [1.82, 2.24) is 0 Å². The van der Waals surface area contributed by atoms with E-state index >= 15 is 0 Å². The summed E-state index contributed by atoms with van der Waals surface area (Å²) in [5.41, 5.74) is 0.943. The highest BCUT2D eigenvalue weighted by Gasteiger charge is 2.64. The van der Waals surface area contributed by atoms with Crippen LogP contribution in [0.25, 0.3) is 0 Å². The normalized spacial score (nSPS) is 22.4. The molecular formula is C16H19NO2. The Bertz CT molecular complexity index is 505. The maximum Gasteiger partial charge on any atom is 0.119 e. The van der Waals surface area contributed by atoms with Crippen molar-refractivity contribution in [3.8, 4) is 11.8 Å². The maximum atomic E-state index is 9.46. The Morgan fingerprint density at radius 2 is 1.84 bits per heavy atom. The SMILES string of the molecule is CC(C)Oc1ccc(C2(C3(C#N)CC3)COC2)cc1. The van der Waals surface area contributed by atoms with E-state index in [2.05, 4.69) is 18.2 Å². The van der Waals surface area contributed by atoms with E-state index in [0.29, 0.717) is 13.2 Å². The molecule has 0 spiro atoms. The van der Waals surface area contributed by atoms with Crippen LogP contribution < -0.4 is 4.74 Å². The van der Waals surface area contributed by atoms with E-state index in [1.54, 1.807) is 0 Å². The van der Waals surface area contributed by atoms with Gasteiger partial charge in [0.2, 0.25) is 0 Å². The molecule has 3 heteroatoms. The van der Waals surface area contributed by atoms with E-state index < -0.39 is 0 Å². The number of hydrogen-bond acceptors (Lipinski definition) is 3. The first-order valence-corrected chi connectivity index (χ1v) is 6.88. The second kappa shape index (κ2) is 4.25. The molecule has 0 unspecified atom stereocenters. The van der Waals surface area contributed by atoms with Gasteiger partial charge in [-0.3, -0.25) is 0 Å². The lowest BCUT2D eigenvalue weighted by atomic mass is 9.66. The molecule has 0 atom stereocenters. The summed E-state index contributed by atoms with van der Waals surface area (Å²) in [6, 6.07) is 10.7. The average Bonchev–Trinajstić information content (AvgIpc) is 3.10. The maximum absolute atomic E-state index is 9.46. The average molecular weight is 257 g/mol. The van der Waals surface area contributed by atoms with Crippen LogP contribution in [0, 0.1) is 16.7 Å². The monoisotopic (exact) mass is 257 g/mol. The van der Waals surface area contributed by atoms with Crippen molar-refractivity contribution in [1.29, 1.82) is 5.26 Å². The van der Waals surface area contributed by atoms with E-state index in [-0.39, 0.29) is 16.9 Å². The summed E-state index contributed by atoms with van der Waals surface area (Å²) in [4.78, 5) is 0. The Hall–Kier alpha value is -1.53. The molecule has 1 aromatic carbocycles. The van der Waals surface area contributed by atoms with Crippen molar-refractivity contribution >= 4 is 0 Å². The van der Waals surface area contributed by atoms with Gasteiger partial charge in [-0.1, -0.05) is 12.1 Å². The largest absolute Gasteiger partial charge is 0.491 e. The molecule has 3 rings (SSSR count). The highest BCUT2D eigenvalue weighted by molar-refractivity contribution is 5.41. The van der Waals surface area contributed by atoms with Crippen LogP contribution in [-0.4, -0.2) is 19.3 Å². The van der Waals surface area contributed by atoms with Crippen LogP contribution in [0.1, 0.15) is 32.3 Å². The van der Waals surface area contributed by atoms with Gasteiger partial charge in [0.05, 0.1) is 36.2 Å². The molecule has 3 nitrogen and oxygen atoms in total. The highest BCUT2D eigenvalue weighted by Crippen LogP contribution is 2.62. The number of nitrogens with zero attached hydrogens (tertiary/aromatic N) is 1. The van der Waals surface area contributed by atoms with Crippen molar-refractivity contribution < 1.29 is 9.47 Å². The molecule has 1 saturated carbocycles. The van der Waals surface area contributed by atoms with E-state index in [9.17, 15) is 5.26 Å². The van der Waals surface area contributed by atoms with Gasteiger partial charge in [-0.15, -0.1) is 0 Å². The third-order valence-electron chi connectivity index (χ3n) is 4.36.